The average Bonchev–Trinajstić information content (AvgIpc) is 3.07. The molecule has 2 heterocycles. The Morgan fingerprint density at radius 2 is 2.12 bits per heavy atom. The number of imide groups is 1. The van der Waals surface area contributed by atoms with Crippen molar-refractivity contribution in [2.75, 3.05) is 13.2 Å². The van der Waals surface area contributed by atoms with Crippen LogP contribution in [0.3, 0.4) is 0 Å². The quantitative estimate of drug-likeness (QED) is 0.648. The van der Waals surface area contributed by atoms with Gasteiger partial charge in [-0.25, -0.2) is 9.69 Å². The minimum Gasteiger partial charge on any atom is -0.447 e. The highest BCUT2D eigenvalue weighted by Crippen LogP contribution is 2.41. The molecule has 9 heteroatoms. The third-order valence-corrected chi connectivity index (χ3v) is 4.86. The number of aryl methyl sites for hydroxylation is 1. The molecule has 2 aromatic rings. The molecule has 0 radical (unpaired) electrons. The van der Waals surface area contributed by atoms with Crippen LogP contribution in [-0.4, -0.2) is 40.8 Å². The van der Waals surface area contributed by atoms with Crippen molar-refractivity contribution in [1.29, 1.82) is 0 Å². The van der Waals surface area contributed by atoms with Gasteiger partial charge in [0.1, 0.15) is 6.61 Å². The predicted octanol–water partition coefficient (Wildman–Crippen LogP) is 3.80. The van der Waals surface area contributed by atoms with Crippen molar-refractivity contribution in [1.82, 2.24) is 9.47 Å². The number of nitrogens with zero attached hydrogens (tertiary/aromatic N) is 2. The number of fused-ring (bicyclic) bond motifs is 1. The molecule has 2 amide bonds. The molecule has 25 heavy (non-hydrogen) atoms. The molecule has 1 fully saturated rings. The number of hydrogen-bond acceptors (Lipinski definition) is 3. The summed E-state index contributed by atoms with van der Waals surface area (Å²) in [6, 6.07) is 5.22. The molecule has 1 saturated heterocycles. The van der Waals surface area contributed by atoms with E-state index in [2.05, 4.69) is 4.74 Å². The van der Waals surface area contributed by atoms with Crippen molar-refractivity contribution in [3.63, 3.8) is 0 Å². The van der Waals surface area contributed by atoms with Crippen LogP contribution < -0.4 is 0 Å². The van der Waals surface area contributed by atoms with Gasteiger partial charge >= 0.3 is 12.3 Å². The van der Waals surface area contributed by atoms with E-state index >= 15 is 0 Å². The van der Waals surface area contributed by atoms with Gasteiger partial charge in [-0.3, -0.25) is 4.79 Å². The molecule has 0 saturated carbocycles. The Hall–Kier alpha value is -1.78. The molecule has 3 rings (SSSR count). The molecule has 134 valence electrons. The van der Waals surface area contributed by atoms with Crippen LogP contribution in [-0.2, 0) is 16.6 Å². The van der Waals surface area contributed by atoms with Gasteiger partial charge < -0.3 is 9.30 Å². The van der Waals surface area contributed by atoms with Crippen molar-refractivity contribution < 1.29 is 27.5 Å². The first-order valence-electron chi connectivity index (χ1n) is 7.47. The lowest BCUT2D eigenvalue weighted by Crippen LogP contribution is -2.35. The molecular formula is C16H14F3IN2O3. The van der Waals surface area contributed by atoms with E-state index in [-0.39, 0.29) is 18.7 Å². The first-order valence-corrected chi connectivity index (χ1v) is 8.54. The topological polar surface area (TPSA) is 51.5 Å². The van der Waals surface area contributed by atoms with Gasteiger partial charge in [0.25, 0.3) is 0 Å². The van der Waals surface area contributed by atoms with E-state index < -0.39 is 30.5 Å². The van der Waals surface area contributed by atoms with Gasteiger partial charge in [-0.05, 0) is 46.4 Å². The lowest BCUT2D eigenvalue weighted by atomic mass is 9.94. The Labute approximate surface area is 154 Å². The van der Waals surface area contributed by atoms with E-state index in [1.807, 2.05) is 22.6 Å². The van der Waals surface area contributed by atoms with Crippen LogP contribution in [0.15, 0.2) is 24.4 Å². The number of aromatic nitrogens is 1. The normalized spacial score (nSPS) is 16.4. The van der Waals surface area contributed by atoms with E-state index in [4.69, 9.17) is 0 Å². The van der Waals surface area contributed by atoms with Crippen LogP contribution in [0.2, 0.25) is 0 Å². The average molecular weight is 466 g/mol. The predicted molar refractivity (Wildman–Crippen MR) is 92.1 cm³/mol. The standard InChI is InChI=1S/C16H14F3IN2O3/c1-21-8-11(10-6-9(20)2-3-13(10)21)12(16(17,18)19)7-14(23)22-4-5-25-15(22)24/h2-3,6,8,12H,4-5,7H2,1H3/t12-/m0/s1. The monoisotopic (exact) mass is 466 g/mol. The van der Waals surface area contributed by atoms with Crippen LogP contribution in [0, 0.1) is 3.57 Å². The number of cyclic esters (lactones) is 1. The molecular weight excluding hydrogens is 452 g/mol. The lowest BCUT2D eigenvalue weighted by Gasteiger charge is -2.21. The maximum atomic E-state index is 13.7. The maximum absolute atomic E-state index is 13.7. The zero-order valence-electron chi connectivity index (χ0n) is 13.1. The molecule has 0 bridgehead atoms. The Bertz CT molecular complexity index is 847. The van der Waals surface area contributed by atoms with Crippen LogP contribution >= 0.6 is 22.6 Å². The van der Waals surface area contributed by atoms with Gasteiger partial charge in [-0.1, -0.05) is 0 Å². The number of rotatable bonds is 3. The molecule has 1 atom stereocenters. The summed E-state index contributed by atoms with van der Waals surface area (Å²) in [4.78, 5) is 24.4. The van der Waals surface area contributed by atoms with Gasteiger partial charge in [-0.2, -0.15) is 13.2 Å². The summed E-state index contributed by atoms with van der Waals surface area (Å²) in [5.41, 5.74) is 0.683. The Kier molecular flexibility index (Phi) is 4.69. The minimum atomic E-state index is -4.62. The third-order valence-electron chi connectivity index (χ3n) is 4.19. The molecule has 1 aliphatic rings. The summed E-state index contributed by atoms with van der Waals surface area (Å²) in [5, 5.41) is 0.452. The molecule has 0 spiro atoms. The highest BCUT2D eigenvalue weighted by Gasteiger charge is 2.45. The molecule has 1 aromatic heterocycles. The summed E-state index contributed by atoms with van der Waals surface area (Å²) in [5.74, 6) is -2.87. The largest absolute Gasteiger partial charge is 0.447 e. The highest BCUT2D eigenvalue weighted by molar-refractivity contribution is 14.1. The van der Waals surface area contributed by atoms with Gasteiger partial charge in [-0.15, -0.1) is 0 Å². The Morgan fingerprint density at radius 1 is 1.40 bits per heavy atom. The summed E-state index contributed by atoms with van der Waals surface area (Å²) < 4.78 is 48.1. The zero-order chi connectivity index (χ0) is 18.4. The van der Waals surface area contributed by atoms with Gasteiger partial charge in [0.2, 0.25) is 5.91 Å². The van der Waals surface area contributed by atoms with Gasteiger partial charge in [0.05, 0.1) is 12.5 Å². The van der Waals surface area contributed by atoms with Crippen LogP contribution in [0.5, 0.6) is 0 Å². The fraction of sp³-hybridized carbons (Fsp3) is 0.375. The highest BCUT2D eigenvalue weighted by atomic mass is 127. The summed E-state index contributed by atoms with van der Waals surface area (Å²) in [6.07, 6.45) is -4.94. The van der Waals surface area contributed by atoms with Gasteiger partial charge in [0.15, 0.2) is 0 Å². The SMILES string of the molecule is Cn1cc([C@H](CC(=O)N2CCOC2=O)C(F)(F)F)c2cc(I)ccc21. The molecule has 1 aromatic carbocycles. The second kappa shape index (κ2) is 6.50. The number of alkyl halides is 3. The van der Waals surface area contributed by atoms with E-state index in [0.717, 1.165) is 8.47 Å². The summed E-state index contributed by atoms with van der Waals surface area (Å²) in [6.45, 7) is -0.0105. The van der Waals surface area contributed by atoms with Crippen molar-refractivity contribution in [2.24, 2.45) is 7.05 Å². The second-order valence-corrected chi connectivity index (χ2v) is 7.06. The molecule has 5 nitrogen and oxygen atoms in total. The van der Waals surface area contributed by atoms with Crippen LogP contribution in [0.25, 0.3) is 10.9 Å². The van der Waals surface area contributed by atoms with E-state index in [1.165, 1.54) is 6.20 Å². The minimum absolute atomic E-state index is 0.00766. The van der Waals surface area contributed by atoms with Crippen molar-refractivity contribution in [3.05, 3.63) is 33.5 Å². The summed E-state index contributed by atoms with van der Waals surface area (Å²) in [7, 11) is 1.66. The number of hydrogen-bond donors (Lipinski definition) is 0. The van der Waals surface area contributed by atoms with E-state index in [9.17, 15) is 22.8 Å². The van der Waals surface area contributed by atoms with E-state index in [0.29, 0.717) is 10.9 Å². The molecule has 1 aliphatic heterocycles. The van der Waals surface area contributed by atoms with Crippen molar-refractivity contribution in [2.45, 2.75) is 18.5 Å². The number of carbonyl (C=O) groups is 2. The van der Waals surface area contributed by atoms with Crippen molar-refractivity contribution >= 4 is 45.5 Å². The third kappa shape index (κ3) is 3.46. The zero-order valence-corrected chi connectivity index (χ0v) is 15.3. The number of halogens is 4. The number of amides is 2. The Morgan fingerprint density at radius 3 is 2.72 bits per heavy atom. The van der Waals surface area contributed by atoms with E-state index in [1.54, 1.807) is 29.8 Å². The van der Waals surface area contributed by atoms with Crippen molar-refractivity contribution in [3.8, 4) is 0 Å². The summed E-state index contributed by atoms with van der Waals surface area (Å²) >= 11 is 2.03. The van der Waals surface area contributed by atoms with Crippen LogP contribution in [0.1, 0.15) is 17.9 Å². The fourth-order valence-corrected chi connectivity index (χ4v) is 3.47. The maximum Gasteiger partial charge on any atom is 0.416 e. The molecule has 0 N–H and O–H groups in total. The second-order valence-electron chi connectivity index (χ2n) is 5.81. The number of carbonyl (C=O) groups excluding carboxylic acids is 2. The van der Waals surface area contributed by atoms with Crippen LogP contribution in [0.4, 0.5) is 18.0 Å². The number of ether oxygens (including phenoxy) is 1. The van der Waals surface area contributed by atoms with Gasteiger partial charge in [0, 0.05) is 34.1 Å². The molecule has 0 aliphatic carbocycles. The first-order chi connectivity index (χ1) is 11.7. The number of benzene rings is 1. The fourth-order valence-electron chi connectivity index (χ4n) is 2.98. The smallest absolute Gasteiger partial charge is 0.416 e. The molecule has 0 unspecified atom stereocenters. The lowest BCUT2D eigenvalue weighted by molar-refractivity contribution is -0.159. The first kappa shape index (κ1) is 18.0. The Balaban J connectivity index is 2.01.